The molecular formula is C53H62N8O6. The molecule has 1 saturated carbocycles. The van der Waals surface area contributed by atoms with E-state index in [1.54, 1.807) is 0 Å². The number of fused-ring (bicyclic) bond motifs is 5. The van der Waals surface area contributed by atoms with Crippen LogP contribution in [0.25, 0.3) is 44.1 Å². The maximum Gasteiger partial charge on any atom is 0.407 e. The quantitative estimate of drug-likeness (QED) is 0.102. The number of aromatic amines is 1. The van der Waals surface area contributed by atoms with Gasteiger partial charge in [-0.05, 0) is 130 Å². The van der Waals surface area contributed by atoms with E-state index in [1.165, 1.54) is 71.2 Å². The fourth-order valence-corrected chi connectivity index (χ4v) is 11.7. The molecule has 4 N–H and O–H groups in total. The lowest BCUT2D eigenvalue weighted by atomic mass is 9.73. The highest BCUT2D eigenvalue weighted by Gasteiger charge is 2.43. The van der Waals surface area contributed by atoms with Gasteiger partial charge in [0.05, 0.1) is 49.9 Å². The number of benzene rings is 4. The van der Waals surface area contributed by atoms with Gasteiger partial charge >= 0.3 is 12.2 Å². The molecule has 0 bridgehead atoms. The predicted molar refractivity (Wildman–Crippen MR) is 259 cm³/mol. The Balaban J connectivity index is 0.920. The van der Waals surface area contributed by atoms with Crippen LogP contribution < -0.4 is 16.0 Å². The summed E-state index contributed by atoms with van der Waals surface area (Å²) in [5.41, 5.74) is 10.9. The van der Waals surface area contributed by atoms with Gasteiger partial charge in [-0.25, -0.2) is 14.6 Å². The summed E-state index contributed by atoms with van der Waals surface area (Å²) in [6.45, 7) is 9.50. The number of likely N-dealkylation sites (tertiary alicyclic amines) is 2. The van der Waals surface area contributed by atoms with Crippen LogP contribution in [0, 0.1) is 17.8 Å². The van der Waals surface area contributed by atoms with Crippen LogP contribution in [0.5, 0.6) is 0 Å². The first-order valence-electron chi connectivity index (χ1n) is 24.2. The number of hydrogen-bond acceptors (Lipinski definition) is 9. The van der Waals surface area contributed by atoms with Gasteiger partial charge in [-0.3, -0.25) is 14.6 Å². The summed E-state index contributed by atoms with van der Waals surface area (Å²) in [4.78, 5) is 69.4. The van der Waals surface area contributed by atoms with Crippen molar-refractivity contribution in [3.63, 3.8) is 0 Å². The summed E-state index contributed by atoms with van der Waals surface area (Å²) in [7, 11) is 2.62. The fraction of sp³-hybridized carbons (Fsp3) is 0.472. The van der Waals surface area contributed by atoms with Gasteiger partial charge in [-0.1, -0.05) is 82.3 Å². The van der Waals surface area contributed by atoms with Crippen LogP contribution in [0.1, 0.15) is 107 Å². The zero-order chi connectivity index (χ0) is 46.7. The third-order valence-corrected chi connectivity index (χ3v) is 15.3. The van der Waals surface area contributed by atoms with E-state index < -0.39 is 24.3 Å². The second kappa shape index (κ2) is 18.0. The number of alkyl carbamates (subject to hydrolysis) is 2. The maximum absolute atomic E-state index is 13.9. The molecule has 350 valence electrons. The minimum Gasteiger partial charge on any atom is -0.453 e. The highest BCUT2D eigenvalue weighted by Crippen LogP contribution is 2.56. The Bertz CT molecular complexity index is 2800. The standard InChI is InChI=1S/C53H62N8O6/c1-28(2)46(58-52(64)66-5)50(62)60-23-9-13-43(60)48-54-27-42(57-48)37-20-19-36(34-11-7-8-12-35(34)37)38-21-18-32(39-25-30-15-17-33(30)45(38)39)31-16-22-40-41(26-31)56-49(55-40)44-14-10-24-61(44)51(63)47(29(3)4)59-53(65)67-6/h7-8,11-12,16,18-22,26,28-30,33,42-44,46-47H,9-10,13-15,17,23-25,27H2,1-6H3,(H,54,57)(H,55,56)(H,58,64)(H,59,65)/t30?,33?,42?,43-,44-,46-,47-/m0/s1. The van der Waals surface area contributed by atoms with Crippen molar-refractivity contribution in [2.75, 3.05) is 33.9 Å². The average Bonchev–Trinajstić information content (AvgIpc) is 4.18. The number of carbonyl (C=O) groups excluding carboxylic acids is 4. The summed E-state index contributed by atoms with van der Waals surface area (Å²) in [6, 6.07) is 22.7. The van der Waals surface area contributed by atoms with Gasteiger partial charge < -0.3 is 40.2 Å². The molecule has 5 aliphatic rings. The molecule has 67 heavy (non-hydrogen) atoms. The lowest BCUT2D eigenvalue weighted by Gasteiger charge is -2.32. The van der Waals surface area contributed by atoms with Gasteiger partial charge in [0.25, 0.3) is 0 Å². The maximum atomic E-state index is 13.9. The zero-order valence-corrected chi connectivity index (χ0v) is 39.4. The number of aromatic nitrogens is 2. The van der Waals surface area contributed by atoms with Crippen molar-refractivity contribution in [3.8, 4) is 22.3 Å². The van der Waals surface area contributed by atoms with Crippen LogP contribution in [-0.2, 0) is 25.5 Å². The van der Waals surface area contributed by atoms with E-state index in [0.717, 1.165) is 60.4 Å². The molecule has 5 aromatic rings. The van der Waals surface area contributed by atoms with Crippen LogP contribution in [0.3, 0.4) is 0 Å². The molecule has 4 aromatic carbocycles. The minimum absolute atomic E-state index is 0.0413. The number of rotatable bonds is 11. The molecule has 0 radical (unpaired) electrons. The molecule has 14 nitrogen and oxygen atoms in total. The molecule has 1 aromatic heterocycles. The number of hydrogen-bond donors (Lipinski definition) is 4. The average molecular weight is 907 g/mol. The summed E-state index contributed by atoms with van der Waals surface area (Å²) in [5, 5.41) is 11.7. The zero-order valence-electron chi connectivity index (χ0n) is 39.4. The largest absolute Gasteiger partial charge is 0.453 e. The summed E-state index contributed by atoms with van der Waals surface area (Å²) >= 11 is 0. The van der Waals surface area contributed by atoms with Crippen molar-refractivity contribution in [2.24, 2.45) is 22.7 Å². The summed E-state index contributed by atoms with van der Waals surface area (Å²) in [6.07, 6.45) is 5.60. The second-order valence-corrected chi connectivity index (χ2v) is 19.8. The highest BCUT2D eigenvalue weighted by molar-refractivity contribution is 6.02. The number of methoxy groups -OCH3 is 2. The first-order valence-corrected chi connectivity index (χ1v) is 24.2. The topological polar surface area (TPSA) is 170 Å². The lowest BCUT2D eigenvalue weighted by Crippen LogP contribution is -2.54. The number of nitrogens with zero attached hydrogens (tertiary/aromatic N) is 4. The highest BCUT2D eigenvalue weighted by atomic mass is 16.5. The van der Waals surface area contributed by atoms with Crippen molar-refractivity contribution >= 4 is 51.6 Å². The van der Waals surface area contributed by atoms with Crippen LogP contribution >= 0.6 is 0 Å². The van der Waals surface area contributed by atoms with Gasteiger partial charge in [-0.2, -0.15) is 0 Å². The van der Waals surface area contributed by atoms with Crippen molar-refractivity contribution in [1.29, 1.82) is 0 Å². The molecule has 2 aliphatic carbocycles. The van der Waals surface area contributed by atoms with E-state index in [9.17, 15) is 19.2 Å². The molecule has 3 aliphatic heterocycles. The molecule has 3 fully saturated rings. The van der Waals surface area contributed by atoms with Gasteiger partial charge in [-0.15, -0.1) is 0 Å². The molecule has 10 rings (SSSR count). The number of H-pyrrole nitrogens is 1. The fourth-order valence-electron chi connectivity index (χ4n) is 11.7. The van der Waals surface area contributed by atoms with Crippen LogP contribution in [0.15, 0.2) is 71.7 Å². The monoisotopic (exact) mass is 906 g/mol. The van der Waals surface area contributed by atoms with E-state index in [-0.39, 0.29) is 41.8 Å². The number of amides is 4. The molecule has 4 heterocycles. The van der Waals surface area contributed by atoms with E-state index in [0.29, 0.717) is 31.5 Å². The number of carbonyl (C=O) groups is 4. The number of amidine groups is 1. The molecule has 0 spiro atoms. The summed E-state index contributed by atoms with van der Waals surface area (Å²) < 4.78 is 9.67. The van der Waals surface area contributed by atoms with E-state index in [4.69, 9.17) is 19.5 Å². The molecule has 3 unspecified atom stereocenters. The molecule has 14 heteroatoms. The van der Waals surface area contributed by atoms with Gasteiger partial charge in [0.2, 0.25) is 11.8 Å². The van der Waals surface area contributed by atoms with E-state index in [2.05, 4.69) is 87.7 Å². The predicted octanol–water partition coefficient (Wildman–Crippen LogP) is 8.56. The third-order valence-electron chi connectivity index (χ3n) is 15.3. The third kappa shape index (κ3) is 7.95. The number of ether oxygens (including phenoxy) is 2. The van der Waals surface area contributed by atoms with Crippen molar-refractivity contribution < 1.29 is 28.7 Å². The Morgan fingerprint density at radius 1 is 0.731 bits per heavy atom. The van der Waals surface area contributed by atoms with Gasteiger partial charge in [0, 0.05) is 13.1 Å². The first-order chi connectivity index (χ1) is 32.4. The Hall–Kier alpha value is -6.44. The lowest BCUT2D eigenvalue weighted by molar-refractivity contribution is -0.135. The van der Waals surface area contributed by atoms with Crippen LogP contribution in [0.2, 0.25) is 0 Å². The van der Waals surface area contributed by atoms with Gasteiger partial charge in [0.1, 0.15) is 23.7 Å². The van der Waals surface area contributed by atoms with E-state index in [1.807, 2.05) is 37.5 Å². The normalized spacial score (nSPS) is 22.9. The van der Waals surface area contributed by atoms with Crippen molar-refractivity contribution in [3.05, 3.63) is 89.2 Å². The SMILES string of the molecule is COC(=O)N[C@H](C(=O)N1CCC[C@H]1C1=NCC(c2ccc(-c3ccc(-c4ccc5nc([C@@H]6CCCN6C(=O)[C@@H](NC(=O)OC)C(C)C)[nH]c5c4)c4c3C3CCC3C4)c3ccccc23)N1)C(C)C. The summed E-state index contributed by atoms with van der Waals surface area (Å²) in [5.74, 6) is 2.33. The van der Waals surface area contributed by atoms with Crippen molar-refractivity contribution in [2.45, 2.75) is 109 Å². The smallest absolute Gasteiger partial charge is 0.407 e. The number of imidazole rings is 1. The van der Waals surface area contributed by atoms with Crippen molar-refractivity contribution in [1.82, 2.24) is 35.7 Å². The molecule has 4 amide bonds. The Labute approximate surface area is 391 Å². The van der Waals surface area contributed by atoms with Crippen LogP contribution in [0.4, 0.5) is 9.59 Å². The minimum atomic E-state index is -0.691. The molecular weight excluding hydrogens is 845 g/mol. The Morgan fingerprint density at radius 3 is 2.03 bits per heavy atom. The van der Waals surface area contributed by atoms with Gasteiger partial charge in [0.15, 0.2) is 0 Å². The van der Waals surface area contributed by atoms with Crippen LogP contribution in [-0.4, -0.2) is 102 Å². The van der Waals surface area contributed by atoms with E-state index >= 15 is 0 Å². The molecule has 7 atom stereocenters. The first kappa shape index (κ1) is 44.4. The number of nitrogens with one attached hydrogen (secondary N) is 4. The number of aliphatic imine (C=N–C) groups is 1. The Morgan fingerprint density at radius 2 is 1.37 bits per heavy atom. The second-order valence-electron chi connectivity index (χ2n) is 19.8. The Kier molecular flexibility index (Phi) is 11.9. The molecule has 2 saturated heterocycles.